The molecule has 0 bridgehead atoms. The Morgan fingerprint density at radius 1 is 1.12 bits per heavy atom. The van der Waals surface area contributed by atoms with Gasteiger partial charge in [0, 0.05) is 38.3 Å². The predicted octanol–water partition coefficient (Wildman–Crippen LogP) is 4.65. The van der Waals surface area contributed by atoms with Gasteiger partial charge in [-0.15, -0.1) is 6.58 Å². The van der Waals surface area contributed by atoms with Crippen molar-refractivity contribution in [2.24, 2.45) is 0 Å². The van der Waals surface area contributed by atoms with E-state index in [-0.39, 0.29) is 12.4 Å². The third kappa shape index (κ3) is 6.32. The summed E-state index contributed by atoms with van der Waals surface area (Å²) in [4.78, 5) is 4.38. The zero-order chi connectivity index (χ0) is 23.8. The molecule has 34 heavy (non-hydrogen) atoms. The molecule has 0 aliphatic carbocycles. The molecular formula is C27H32FN3O3. The number of benzene rings is 2. The molecule has 0 saturated carbocycles. The van der Waals surface area contributed by atoms with Crippen LogP contribution in [0.5, 0.6) is 0 Å². The number of aliphatic hydroxyl groups is 1. The monoisotopic (exact) mass is 465 g/mol. The van der Waals surface area contributed by atoms with Crippen LogP contribution in [0.25, 0.3) is 11.3 Å². The number of hydrogen-bond acceptors (Lipinski definition) is 6. The Morgan fingerprint density at radius 2 is 1.85 bits per heavy atom. The molecule has 1 aliphatic heterocycles. The van der Waals surface area contributed by atoms with Crippen molar-refractivity contribution in [2.75, 3.05) is 37.7 Å². The van der Waals surface area contributed by atoms with E-state index >= 15 is 0 Å². The molecule has 2 aromatic carbocycles. The quantitative estimate of drug-likeness (QED) is 0.310. The minimum Gasteiger partial charge on any atom is -0.389 e. The lowest BCUT2D eigenvalue weighted by Crippen LogP contribution is -2.35. The van der Waals surface area contributed by atoms with Gasteiger partial charge in [0.25, 0.3) is 0 Å². The van der Waals surface area contributed by atoms with Gasteiger partial charge < -0.3 is 19.3 Å². The van der Waals surface area contributed by atoms with Gasteiger partial charge in [-0.25, -0.2) is 4.39 Å². The van der Waals surface area contributed by atoms with E-state index in [9.17, 15) is 9.50 Å². The number of rotatable bonds is 12. The fourth-order valence-electron chi connectivity index (χ4n) is 4.33. The first-order valence-electron chi connectivity index (χ1n) is 11.8. The van der Waals surface area contributed by atoms with Crippen LogP contribution in [0.1, 0.15) is 24.0 Å². The van der Waals surface area contributed by atoms with Crippen molar-refractivity contribution in [3.63, 3.8) is 0 Å². The van der Waals surface area contributed by atoms with E-state index in [1.807, 2.05) is 30.3 Å². The second-order valence-electron chi connectivity index (χ2n) is 8.65. The highest BCUT2D eigenvalue weighted by atomic mass is 19.1. The molecule has 7 heteroatoms. The summed E-state index contributed by atoms with van der Waals surface area (Å²) in [5.41, 5.74) is 3.75. The van der Waals surface area contributed by atoms with Crippen LogP contribution in [0.3, 0.4) is 0 Å². The normalized spacial score (nSPS) is 14.6. The van der Waals surface area contributed by atoms with Crippen LogP contribution in [-0.4, -0.2) is 54.1 Å². The van der Waals surface area contributed by atoms with Crippen LogP contribution >= 0.6 is 0 Å². The molecule has 0 amide bonds. The summed E-state index contributed by atoms with van der Waals surface area (Å²) in [5.74, 6) is 0.521. The maximum atomic E-state index is 13.5. The van der Waals surface area contributed by atoms with E-state index in [0.29, 0.717) is 26.2 Å². The summed E-state index contributed by atoms with van der Waals surface area (Å²) >= 11 is 0. The first-order valence-corrected chi connectivity index (χ1v) is 11.8. The largest absolute Gasteiger partial charge is 0.389 e. The smallest absolute Gasteiger partial charge is 0.232 e. The predicted molar refractivity (Wildman–Crippen MR) is 131 cm³/mol. The van der Waals surface area contributed by atoms with Gasteiger partial charge in [0.1, 0.15) is 11.5 Å². The number of hydrogen-bond donors (Lipinski definition) is 1. The Labute approximate surface area is 200 Å². The lowest BCUT2D eigenvalue weighted by atomic mass is 10.1. The van der Waals surface area contributed by atoms with Crippen molar-refractivity contribution in [2.45, 2.75) is 32.0 Å². The van der Waals surface area contributed by atoms with Crippen LogP contribution in [-0.2, 0) is 17.8 Å². The molecule has 0 radical (unpaired) electrons. The molecule has 1 aromatic heterocycles. The number of aromatic nitrogens is 1. The van der Waals surface area contributed by atoms with Crippen LogP contribution in [0, 0.1) is 5.82 Å². The summed E-state index contributed by atoms with van der Waals surface area (Å²) in [6.45, 7) is 7.56. The molecular weight excluding hydrogens is 433 g/mol. The first-order chi connectivity index (χ1) is 16.6. The minimum atomic E-state index is -0.685. The third-order valence-corrected chi connectivity index (χ3v) is 5.92. The Hall–Kier alpha value is -3.00. The number of aliphatic hydroxyl groups excluding tert-OH is 1. The minimum absolute atomic E-state index is 0.208. The highest BCUT2D eigenvalue weighted by Crippen LogP contribution is 2.34. The van der Waals surface area contributed by atoms with Crippen molar-refractivity contribution in [3.8, 4) is 11.3 Å². The molecule has 6 nitrogen and oxygen atoms in total. The van der Waals surface area contributed by atoms with Gasteiger partial charge in [0.15, 0.2) is 0 Å². The standard InChI is InChI=1S/C27H32FN3O3/c1-2-16-33-20-24(32)18-30(17-21-10-12-23(28)13-11-21)19-25-26(22-8-4-3-5-9-22)29-34-27(25)31-14-6-7-15-31/h2-5,8-13,24,32H,1,6-7,14-20H2/t24-/m1/s1. The first kappa shape index (κ1) is 24.1. The molecule has 0 spiro atoms. The van der Waals surface area contributed by atoms with Crippen LogP contribution < -0.4 is 4.90 Å². The van der Waals surface area contributed by atoms with Gasteiger partial charge in [-0.3, -0.25) is 4.90 Å². The van der Waals surface area contributed by atoms with Crippen molar-refractivity contribution in [1.82, 2.24) is 10.1 Å². The molecule has 1 aliphatic rings. The van der Waals surface area contributed by atoms with E-state index in [0.717, 1.165) is 54.2 Å². The third-order valence-electron chi connectivity index (χ3n) is 5.92. The van der Waals surface area contributed by atoms with Gasteiger partial charge in [-0.05, 0) is 30.5 Å². The molecule has 3 aromatic rings. The Kier molecular flexibility index (Phi) is 8.46. The zero-order valence-electron chi connectivity index (χ0n) is 19.4. The van der Waals surface area contributed by atoms with Gasteiger partial charge in [0.05, 0.1) is 24.9 Å². The summed E-state index contributed by atoms with van der Waals surface area (Å²) < 4.78 is 24.8. The molecule has 0 unspecified atom stereocenters. The fraction of sp³-hybridized carbons (Fsp3) is 0.370. The lowest BCUT2D eigenvalue weighted by Gasteiger charge is -2.26. The molecule has 1 fully saturated rings. The van der Waals surface area contributed by atoms with E-state index in [1.54, 1.807) is 18.2 Å². The summed E-state index contributed by atoms with van der Waals surface area (Å²) in [7, 11) is 0. The summed E-state index contributed by atoms with van der Waals surface area (Å²) in [6, 6.07) is 16.5. The van der Waals surface area contributed by atoms with E-state index in [4.69, 9.17) is 9.26 Å². The van der Waals surface area contributed by atoms with Crippen LogP contribution in [0.4, 0.5) is 10.3 Å². The molecule has 2 heterocycles. The average molecular weight is 466 g/mol. The van der Waals surface area contributed by atoms with E-state index < -0.39 is 6.10 Å². The maximum Gasteiger partial charge on any atom is 0.232 e. The maximum absolute atomic E-state index is 13.5. The number of ether oxygens (including phenoxy) is 1. The van der Waals surface area contributed by atoms with Crippen molar-refractivity contribution >= 4 is 5.88 Å². The molecule has 4 rings (SSSR count). The van der Waals surface area contributed by atoms with Crippen LogP contribution in [0.15, 0.2) is 71.8 Å². The van der Waals surface area contributed by atoms with Crippen molar-refractivity contribution in [3.05, 3.63) is 84.2 Å². The zero-order valence-corrected chi connectivity index (χ0v) is 19.4. The SMILES string of the molecule is C=CCOC[C@H](O)CN(Cc1ccc(F)cc1)Cc1c(-c2ccccc2)noc1N1CCCC1. The lowest BCUT2D eigenvalue weighted by molar-refractivity contribution is 0.0229. The molecule has 1 atom stereocenters. The van der Waals surface area contributed by atoms with Gasteiger partial charge >= 0.3 is 0 Å². The summed E-state index contributed by atoms with van der Waals surface area (Å²) in [6.07, 6.45) is 3.23. The Morgan fingerprint density at radius 3 is 2.56 bits per heavy atom. The number of halogens is 1. The average Bonchev–Trinajstić information content (AvgIpc) is 3.51. The highest BCUT2D eigenvalue weighted by Gasteiger charge is 2.27. The van der Waals surface area contributed by atoms with Gasteiger partial charge in [-0.2, -0.15) is 0 Å². The van der Waals surface area contributed by atoms with Gasteiger partial charge in [0.2, 0.25) is 5.88 Å². The van der Waals surface area contributed by atoms with E-state index in [2.05, 4.69) is 21.5 Å². The number of anilines is 1. The highest BCUT2D eigenvalue weighted by molar-refractivity contribution is 5.68. The van der Waals surface area contributed by atoms with Crippen molar-refractivity contribution in [1.29, 1.82) is 0 Å². The fourth-order valence-corrected chi connectivity index (χ4v) is 4.33. The van der Waals surface area contributed by atoms with Crippen LogP contribution in [0.2, 0.25) is 0 Å². The second kappa shape index (κ2) is 11.9. The van der Waals surface area contributed by atoms with Gasteiger partial charge in [-0.1, -0.05) is 53.7 Å². The number of nitrogens with zero attached hydrogens (tertiary/aromatic N) is 3. The molecule has 1 saturated heterocycles. The summed E-state index contributed by atoms with van der Waals surface area (Å²) in [5, 5.41) is 15.1. The van der Waals surface area contributed by atoms with E-state index in [1.165, 1.54) is 12.1 Å². The Bertz CT molecular complexity index is 1030. The molecule has 180 valence electrons. The van der Waals surface area contributed by atoms with Crippen molar-refractivity contribution < 1.29 is 18.8 Å². The molecule has 1 N–H and O–H groups in total. The topological polar surface area (TPSA) is 62.0 Å². The Balaban J connectivity index is 1.62. The second-order valence-corrected chi connectivity index (χ2v) is 8.65.